The first-order valence-corrected chi connectivity index (χ1v) is 6.85. The summed E-state index contributed by atoms with van der Waals surface area (Å²) in [5.74, 6) is 1.72. The van der Waals surface area contributed by atoms with E-state index in [0.717, 1.165) is 36.6 Å². The standard InChI is InChI=1S/C15H24N2O2/c1-11-9-12(16-2)7-8-17(11)14-6-5-13(18-3)10-15(14)19-4/h5-6,10-12,16H,7-9H2,1-4H3. The van der Waals surface area contributed by atoms with E-state index in [1.165, 1.54) is 0 Å². The molecule has 1 aliphatic heterocycles. The fraction of sp³-hybridized carbons (Fsp3) is 0.600. The Morgan fingerprint density at radius 3 is 2.63 bits per heavy atom. The van der Waals surface area contributed by atoms with E-state index in [-0.39, 0.29) is 0 Å². The molecule has 0 radical (unpaired) electrons. The van der Waals surface area contributed by atoms with E-state index < -0.39 is 0 Å². The van der Waals surface area contributed by atoms with Crippen LogP contribution in [0.1, 0.15) is 19.8 Å². The van der Waals surface area contributed by atoms with E-state index in [4.69, 9.17) is 9.47 Å². The van der Waals surface area contributed by atoms with Crippen molar-refractivity contribution in [3.8, 4) is 11.5 Å². The van der Waals surface area contributed by atoms with Gasteiger partial charge in [0.15, 0.2) is 0 Å². The molecule has 0 aromatic heterocycles. The molecule has 2 rings (SSSR count). The third kappa shape index (κ3) is 2.95. The first-order valence-electron chi connectivity index (χ1n) is 6.85. The zero-order chi connectivity index (χ0) is 13.8. The number of hydrogen-bond donors (Lipinski definition) is 1. The summed E-state index contributed by atoms with van der Waals surface area (Å²) in [6.07, 6.45) is 2.32. The van der Waals surface area contributed by atoms with Crippen LogP contribution in [0.25, 0.3) is 0 Å². The van der Waals surface area contributed by atoms with Crippen molar-refractivity contribution >= 4 is 5.69 Å². The van der Waals surface area contributed by atoms with Crippen molar-refractivity contribution in [2.24, 2.45) is 0 Å². The predicted molar refractivity (Wildman–Crippen MR) is 78.4 cm³/mol. The van der Waals surface area contributed by atoms with Crippen LogP contribution in [0, 0.1) is 0 Å². The van der Waals surface area contributed by atoms with Crippen molar-refractivity contribution in [2.45, 2.75) is 31.8 Å². The van der Waals surface area contributed by atoms with Gasteiger partial charge in [0.2, 0.25) is 0 Å². The Hall–Kier alpha value is -1.42. The Balaban J connectivity index is 2.21. The molecule has 0 aliphatic carbocycles. The molecule has 0 spiro atoms. The second kappa shape index (κ2) is 6.15. The van der Waals surface area contributed by atoms with E-state index in [0.29, 0.717) is 12.1 Å². The Bertz CT molecular complexity index is 423. The molecular formula is C15H24N2O2. The monoisotopic (exact) mass is 264 g/mol. The average Bonchev–Trinajstić information content (AvgIpc) is 2.46. The van der Waals surface area contributed by atoms with Crippen LogP contribution in [0.4, 0.5) is 5.69 Å². The zero-order valence-electron chi connectivity index (χ0n) is 12.3. The molecule has 0 amide bonds. The molecule has 4 nitrogen and oxygen atoms in total. The molecule has 1 aliphatic rings. The number of rotatable bonds is 4. The Labute approximate surface area is 115 Å². The molecule has 2 atom stereocenters. The maximum atomic E-state index is 5.51. The minimum Gasteiger partial charge on any atom is -0.497 e. The van der Waals surface area contributed by atoms with Crippen LogP contribution in [0.3, 0.4) is 0 Å². The topological polar surface area (TPSA) is 33.7 Å². The van der Waals surface area contributed by atoms with Crippen LogP contribution >= 0.6 is 0 Å². The van der Waals surface area contributed by atoms with E-state index in [1.807, 2.05) is 19.2 Å². The summed E-state index contributed by atoms with van der Waals surface area (Å²) in [5.41, 5.74) is 1.16. The second-order valence-corrected chi connectivity index (χ2v) is 5.09. The van der Waals surface area contributed by atoms with Crippen molar-refractivity contribution in [3.63, 3.8) is 0 Å². The molecule has 1 heterocycles. The van der Waals surface area contributed by atoms with Gasteiger partial charge in [0.1, 0.15) is 11.5 Å². The van der Waals surface area contributed by atoms with E-state index in [1.54, 1.807) is 14.2 Å². The van der Waals surface area contributed by atoms with Gasteiger partial charge in [-0.3, -0.25) is 0 Å². The Morgan fingerprint density at radius 2 is 2.05 bits per heavy atom. The molecule has 4 heteroatoms. The highest BCUT2D eigenvalue weighted by molar-refractivity contribution is 5.61. The summed E-state index contributed by atoms with van der Waals surface area (Å²) >= 11 is 0. The van der Waals surface area contributed by atoms with Gasteiger partial charge >= 0.3 is 0 Å². The number of anilines is 1. The fourth-order valence-corrected chi connectivity index (χ4v) is 2.81. The zero-order valence-corrected chi connectivity index (χ0v) is 12.3. The van der Waals surface area contributed by atoms with Gasteiger partial charge in [-0.1, -0.05) is 0 Å². The normalized spacial score (nSPS) is 23.3. The Morgan fingerprint density at radius 1 is 1.26 bits per heavy atom. The number of methoxy groups -OCH3 is 2. The number of benzene rings is 1. The number of ether oxygens (including phenoxy) is 2. The fourth-order valence-electron chi connectivity index (χ4n) is 2.81. The third-order valence-electron chi connectivity index (χ3n) is 3.98. The van der Waals surface area contributed by atoms with Gasteiger partial charge in [-0.25, -0.2) is 0 Å². The largest absolute Gasteiger partial charge is 0.497 e. The summed E-state index contributed by atoms with van der Waals surface area (Å²) in [6, 6.07) is 7.17. The number of nitrogens with one attached hydrogen (secondary N) is 1. The highest BCUT2D eigenvalue weighted by Crippen LogP contribution is 2.35. The maximum absolute atomic E-state index is 5.51. The lowest BCUT2D eigenvalue weighted by Gasteiger charge is -2.39. The number of hydrogen-bond acceptors (Lipinski definition) is 4. The predicted octanol–water partition coefficient (Wildman–Crippen LogP) is 2.28. The van der Waals surface area contributed by atoms with Crippen molar-refractivity contribution in [3.05, 3.63) is 18.2 Å². The minimum atomic E-state index is 0.508. The number of piperidine rings is 1. The molecule has 1 aromatic carbocycles. The van der Waals surface area contributed by atoms with Gasteiger partial charge in [-0.2, -0.15) is 0 Å². The summed E-state index contributed by atoms with van der Waals surface area (Å²) < 4.78 is 10.8. The van der Waals surface area contributed by atoms with Crippen LogP contribution in [0.2, 0.25) is 0 Å². The molecule has 1 aromatic rings. The highest BCUT2D eigenvalue weighted by atomic mass is 16.5. The number of nitrogens with zero attached hydrogens (tertiary/aromatic N) is 1. The molecule has 2 unspecified atom stereocenters. The second-order valence-electron chi connectivity index (χ2n) is 5.09. The lowest BCUT2D eigenvalue weighted by atomic mass is 9.97. The van der Waals surface area contributed by atoms with Crippen LogP contribution < -0.4 is 19.7 Å². The van der Waals surface area contributed by atoms with Crippen molar-refractivity contribution in [2.75, 3.05) is 32.7 Å². The lowest BCUT2D eigenvalue weighted by Crippen LogP contribution is -2.46. The summed E-state index contributed by atoms with van der Waals surface area (Å²) in [6.45, 7) is 3.32. The highest BCUT2D eigenvalue weighted by Gasteiger charge is 2.26. The van der Waals surface area contributed by atoms with Gasteiger partial charge in [0.05, 0.1) is 19.9 Å². The maximum Gasteiger partial charge on any atom is 0.145 e. The molecule has 19 heavy (non-hydrogen) atoms. The smallest absolute Gasteiger partial charge is 0.145 e. The molecule has 106 valence electrons. The molecule has 0 saturated carbocycles. The first kappa shape index (κ1) is 14.0. The first-order chi connectivity index (χ1) is 9.19. The van der Waals surface area contributed by atoms with Gasteiger partial charge in [0, 0.05) is 24.7 Å². The van der Waals surface area contributed by atoms with E-state index in [9.17, 15) is 0 Å². The quantitative estimate of drug-likeness (QED) is 0.904. The van der Waals surface area contributed by atoms with Crippen molar-refractivity contribution < 1.29 is 9.47 Å². The van der Waals surface area contributed by atoms with Crippen LogP contribution in [0.5, 0.6) is 11.5 Å². The van der Waals surface area contributed by atoms with Crippen molar-refractivity contribution in [1.82, 2.24) is 5.32 Å². The Kier molecular flexibility index (Phi) is 4.53. The summed E-state index contributed by atoms with van der Waals surface area (Å²) in [5, 5.41) is 3.38. The molecule has 1 N–H and O–H groups in total. The molecular weight excluding hydrogens is 240 g/mol. The van der Waals surface area contributed by atoms with Crippen LogP contribution in [-0.4, -0.2) is 39.9 Å². The third-order valence-corrected chi connectivity index (χ3v) is 3.98. The van der Waals surface area contributed by atoms with Gasteiger partial charge < -0.3 is 19.7 Å². The van der Waals surface area contributed by atoms with Gasteiger partial charge in [-0.15, -0.1) is 0 Å². The van der Waals surface area contributed by atoms with E-state index in [2.05, 4.69) is 23.2 Å². The van der Waals surface area contributed by atoms with Crippen LogP contribution in [0.15, 0.2) is 18.2 Å². The lowest BCUT2D eigenvalue weighted by molar-refractivity contribution is 0.372. The SMILES string of the molecule is CNC1CCN(c2ccc(OC)cc2OC)C(C)C1. The molecule has 1 saturated heterocycles. The minimum absolute atomic E-state index is 0.508. The molecule has 1 fully saturated rings. The summed E-state index contributed by atoms with van der Waals surface area (Å²) in [4.78, 5) is 2.42. The summed E-state index contributed by atoms with van der Waals surface area (Å²) in [7, 11) is 5.43. The van der Waals surface area contributed by atoms with E-state index >= 15 is 0 Å². The van der Waals surface area contributed by atoms with Crippen molar-refractivity contribution in [1.29, 1.82) is 0 Å². The average molecular weight is 264 g/mol. The molecule has 0 bridgehead atoms. The van der Waals surface area contributed by atoms with Gasteiger partial charge in [-0.05, 0) is 38.9 Å². The van der Waals surface area contributed by atoms with Gasteiger partial charge in [0.25, 0.3) is 0 Å². The van der Waals surface area contributed by atoms with Crippen LogP contribution in [-0.2, 0) is 0 Å².